The summed E-state index contributed by atoms with van der Waals surface area (Å²) in [6.45, 7) is 8.30. The lowest BCUT2D eigenvalue weighted by Gasteiger charge is -2.46. The van der Waals surface area contributed by atoms with Crippen molar-refractivity contribution in [2.24, 2.45) is 0 Å². The number of nitriles is 1. The highest BCUT2D eigenvalue weighted by Crippen LogP contribution is 2.41. The van der Waals surface area contributed by atoms with Crippen molar-refractivity contribution < 1.29 is 14.3 Å². The quantitative estimate of drug-likeness (QED) is 0.619. The predicted molar refractivity (Wildman–Crippen MR) is 141 cm³/mol. The second-order valence-corrected chi connectivity index (χ2v) is 10.1. The highest BCUT2D eigenvalue weighted by Gasteiger charge is 2.37. The van der Waals surface area contributed by atoms with Gasteiger partial charge in [-0.25, -0.2) is 9.97 Å². The van der Waals surface area contributed by atoms with Gasteiger partial charge in [0.2, 0.25) is 0 Å². The van der Waals surface area contributed by atoms with Crippen LogP contribution >= 0.6 is 0 Å². The number of likely N-dealkylation sites (tertiary alicyclic amines) is 2. The number of hydrogen-bond acceptors (Lipinski definition) is 9. The molecule has 0 aromatic carbocycles. The third-order valence-corrected chi connectivity index (χ3v) is 7.92. The molecule has 38 heavy (non-hydrogen) atoms. The molecule has 3 saturated heterocycles. The zero-order chi connectivity index (χ0) is 26.1. The van der Waals surface area contributed by atoms with Crippen LogP contribution < -0.4 is 15.0 Å². The van der Waals surface area contributed by atoms with Gasteiger partial charge < -0.3 is 24.6 Å². The summed E-state index contributed by atoms with van der Waals surface area (Å²) in [6, 6.07) is 6.73. The second kappa shape index (κ2) is 10.5. The van der Waals surface area contributed by atoms with Gasteiger partial charge in [-0.15, -0.1) is 0 Å². The van der Waals surface area contributed by atoms with Crippen molar-refractivity contribution in [1.82, 2.24) is 19.8 Å². The minimum atomic E-state index is -0.0755. The van der Waals surface area contributed by atoms with Gasteiger partial charge in [0.1, 0.15) is 18.5 Å². The highest BCUT2D eigenvalue weighted by atomic mass is 16.5. The van der Waals surface area contributed by atoms with Gasteiger partial charge in [0.25, 0.3) is 5.91 Å². The third kappa shape index (κ3) is 4.62. The fraction of sp³-hybridized carbons (Fsp3) is 0.500. The monoisotopic (exact) mass is 513 g/mol. The van der Waals surface area contributed by atoms with E-state index in [4.69, 9.17) is 14.5 Å². The number of amides is 1. The number of pyridine rings is 2. The first-order valence-electron chi connectivity index (χ1n) is 13.3. The van der Waals surface area contributed by atoms with Gasteiger partial charge in [-0.05, 0) is 37.8 Å². The maximum absolute atomic E-state index is 12.0. The molecule has 0 unspecified atom stereocenters. The van der Waals surface area contributed by atoms with Crippen molar-refractivity contribution in [3.63, 3.8) is 0 Å². The topological polar surface area (TPSA) is 107 Å². The number of carbonyl (C=O) groups excluding carboxylic acids is 1. The number of hydrogen-bond donors (Lipinski definition) is 1. The van der Waals surface area contributed by atoms with E-state index in [1.54, 1.807) is 6.92 Å². The Kier molecular flexibility index (Phi) is 6.75. The number of morpholine rings is 1. The molecule has 2 aromatic rings. The average molecular weight is 514 g/mol. The molecule has 0 aliphatic carbocycles. The number of anilines is 3. The summed E-state index contributed by atoms with van der Waals surface area (Å²) in [5.74, 6) is 6.74. The number of carbonyl (C=O) groups is 1. The second-order valence-electron chi connectivity index (χ2n) is 10.1. The van der Waals surface area contributed by atoms with Crippen LogP contribution in [0.5, 0.6) is 5.75 Å². The maximum Gasteiger partial charge on any atom is 0.298 e. The van der Waals surface area contributed by atoms with E-state index in [1.165, 1.54) is 0 Å². The molecule has 6 heterocycles. The van der Waals surface area contributed by atoms with Gasteiger partial charge in [-0.2, -0.15) is 5.26 Å². The molecule has 0 spiro atoms. The summed E-state index contributed by atoms with van der Waals surface area (Å²) in [6.07, 6.45) is 3.72. The van der Waals surface area contributed by atoms with Crippen molar-refractivity contribution in [3.05, 3.63) is 35.3 Å². The normalized spacial score (nSPS) is 19.9. The zero-order valence-corrected chi connectivity index (χ0v) is 21.6. The lowest BCUT2D eigenvalue weighted by atomic mass is 9.90. The van der Waals surface area contributed by atoms with Crippen LogP contribution in [0, 0.1) is 23.2 Å². The van der Waals surface area contributed by atoms with Gasteiger partial charge in [0, 0.05) is 68.8 Å². The molecule has 1 N–H and O–H groups in total. The smallest absolute Gasteiger partial charge is 0.298 e. The molecular weight excluding hydrogens is 482 g/mol. The number of ether oxygens (including phenoxy) is 2. The summed E-state index contributed by atoms with van der Waals surface area (Å²) in [5, 5.41) is 13.4. The lowest BCUT2D eigenvalue weighted by Crippen LogP contribution is -2.54. The SMILES string of the molecule is CC#CC(=O)N1CCC(N2CC(c3cc4c(c(C#N)n3)OCc3c(N5CCOCC5)ccnc3N4)C2)CC1. The number of piperidine rings is 1. The van der Waals surface area contributed by atoms with E-state index in [9.17, 15) is 10.1 Å². The number of aromatic nitrogens is 2. The maximum atomic E-state index is 12.0. The molecule has 4 aliphatic heterocycles. The summed E-state index contributed by atoms with van der Waals surface area (Å²) in [4.78, 5) is 28.0. The Bertz CT molecular complexity index is 1320. The Morgan fingerprint density at radius 2 is 1.97 bits per heavy atom. The van der Waals surface area contributed by atoms with E-state index in [1.807, 2.05) is 23.2 Å². The van der Waals surface area contributed by atoms with Crippen LogP contribution in [0.4, 0.5) is 17.2 Å². The molecule has 2 aromatic heterocycles. The van der Waals surface area contributed by atoms with Gasteiger partial charge in [-0.1, -0.05) is 5.92 Å². The van der Waals surface area contributed by atoms with Crippen molar-refractivity contribution >= 4 is 23.1 Å². The van der Waals surface area contributed by atoms with Crippen LogP contribution in [-0.2, 0) is 16.1 Å². The molecule has 0 saturated carbocycles. The molecule has 6 rings (SSSR count). The Morgan fingerprint density at radius 3 is 2.71 bits per heavy atom. The first-order valence-corrected chi connectivity index (χ1v) is 13.3. The van der Waals surface area contributed by atoms with Crippen LogP contribution in [0.1, 0.15) is 42.6 Å². The van der Waals surface area contributed by atoms with Crippen LogP contribution in [0.25, 0.3) is 0 Å². The number of nitrogens with one attached hydrogen (secondary N) is 1. The van der Waals surface area contributed by atoms with Crippen LogP contribution in [0.2, 0.25) is 0 Å². The molecular formula is C28H31N7O3. The average Bonchev–Trinajstić information content (AvgIpc) is 3.12. The first kappa shape index (κ1) is 24.5. The van der Waals surface area contributed by atoms with E-state index in [-0.39, 0.29) is 11.8 Å². The van der Waals surface area contributed by atoms with Crippen molar-refractivity contribution in [2.75, 3.05) is 62.7 Å². The molecule has 0 radical (unpaired) electrons. The minimum Gasteiger partial charge on any atom is -0.483 e. The molecule has 10 nitrogen and oxygen atoms in total. The lowest BCUT2D eigenvalue weighted by molar-refractivity contribution is -0.126. The Hall–Kier alpha value is -3.86. The van der Waals surface area contributed by atoms with E-state index in [0.29, 0.717) is 37.3 Å². The van der Waals surface area contributed by atoms with Gasteiger partial charge in [0.15, 0.2) is 11.4 Å². The van der Waals surface area contributed by atoms with Gasteiger partial charge in [0.05, 0.1) is 24.5 Å². The molecule has 4 aliphatic rings. The van der Waals surface area contributed by atoms with E-state index in [0.717, 1.165) is 80.6 Å². The zero-order valence-electron chi connectivity index (χ0n) is 21.6. The fourth-order valence-electron chi connectivity index (χ4n) is 5.80. The number of fused-ring (bicyclic) bond motifs is 2. The third-order valence-electron chi connectivity index (χ3n) is 7.92. The predicted octanol–water partition coefficient (Wildman–Crippen LogP) is 2.23. The number of rotatable bonds is 3. The fourth-order valence-corrected chi connectivity index (χ4v) is 5.80. The Morgan fingerprint density at radius 1 is 1.18 bits per heavy atom. The van der Waals surface area contributed by atoms with Crippen LogP contribution in [-0.4, -0.2) is 84.2 Å². The van der Waals surface area contributed by atoms with E-state index < -0.39 is 0 Å². The van der Waals surface area contributed by atoms with Crippen molar-refractivity contribution in [3.8, 4) is 23.7 Å². The molecule has 1 amide bonds. The highest BCUT2D eigenvalue weighted by molar-refractivity contribution is 5.93. The van der Waals surface area contributed by atoms with Crippen LogP contribution in [0.15, 0.2) is 18.3 Å². The van der Waals surface area contributed by atoms with Crippen LogP contribution in [0.3, 0.4) is 0 Å². The molecule has 3 fully saturated rings. The summed E-state index contributed by atoms with van der Waals surface area (Å²) in [5.41, 5.74) is 3.98. The molecule has 196 valence electrons. The summed E-state index contributed by atoms with van der Waals surface area (Å²) in [7, 11) is 0. The summed E-state index contributed by atoms with van der Waals surface area (Å²) >= 11 is 0. The molecule has 0 atom stereocenters. The molecule has 10 heteroatoms. The minimum absolute atomic E-state index is 0.0755. The Labute approximate surface area is 222 Å². The largest absolute Gasteiger partial charge is 0.483 e. The van der Waals surface area contributed by atoms with E-state index >= 15 is 0 Å². The first-order chi connectivity index (χ1) is 18.6. The Balaban J connectivity index is 1.16. The number of nitrogens with zero attached hydrogens (tertiary/aromatic N) is 6. The van der Waals surface area contributed by atoms with Gasteiger partial charge >= 0.3 is 0 Å². The molecule has 0 bridgehead atoms. The summed E-state index contributed by atoms with van der Waals surface area (Å²) < 4.78 is 11.7. The van der Waals surface area contributed by atoms with E-state index in [2.05, 4.69) is 38.0 Å². The van der Waals surface area contributed by atoms with Crippen molar-refractivity contribution in [1.29, 1.82) is 5.26 Å². The van der Waals surface area contributed by atoms with Crippen molar-refractivity contribution in [2.45, 2.75) is 38.3 Å². The van der Waals surface area contributed by atoms with Gasteiger partial charge in [-0.3, -0.25) is 9.69 Å². The standard InChI is InChI=1S/C28H31N7O3/c1-2-3-26(36)34-8-5-20(6-9-34)35-16-19(17-35)22-14-23-27(24(15-29)31-22)38-18-21-25(4-7-30-28(21)32-23)33-10-12-37-13-11-33/h4,7,14,19-20H,5-6,8-13,16-18H2,1H3,(H,30,32).